The van der Waals surface area contributed by atoms with Crippen molar-refractivity contribution in [1.82, 2.24) is 4.31 Å². The van der Waals surface area contributed by atoms with Gasteiger partial charge < -0.3 is 0 Å². The standard InChI is InChI=1S/C18H16F3IN2O5S/c19-18(20,21)14-6-7-16(13(8-14)9-23)30(27,28)24-10-17(26,11-25)22(12-24)29-15-4-2-1-3-5-15/h1-8,25-26H,10-12H2/t17-/m1/s1. The molecule has 0 aliphatic carbocycles. The molecule has 0 radical (unpaired) electrons. The molecule has 0 unspecified atom stereocenters. The van der Waals surface area contributed by atoms with Gasteiger partial charge in [-0.25, -0.2) is 0 Å². The molecule has 1 heterocycles. The van der Waals surface area contributed by atoms with Crippen LogP contribution in [0.25, 0.3) is 0 Å². The van der Waals surface area contributed by atoms with E-state index in [4.69, 9.17) is 3.07 Å². The summed E-state index contributed by atoms with van der Waals surface area (Å²) in [5, 5.41) is 29.6. The molecule has 1 saturated heterocycles. The van der Waals surface area contributed by atoms with Crippen LogP contribution in [0.2, 0.25) is 0 Å². The van der Waals surface area contributed by atoms with Crippen molar-refractivity contribution in [2.75, 3.05) is 17.7 Å². The fourth-order valence-electron chi connectivity index (χ4n) is 2.71. The van der Waals surface area contributed by atoms with Gasteiger partial charge in [-0.05, 0) is 0 Å². The number of para-hydroxylation sites is 1. The predicted octanol–water partition coefficient (Wildman–Crippen LogP) is 2.72. The van der Waals surface area contributed by atoms with Gasteiger partial charge in [-0.3, -0.25) is 0 Å². The van der Waals surface area contributed by atoms with E-state index in [0.717, 1.165) is 10.4 Å². The summed E-state index contributed by atoms with van der Waals surface area (Å²) in [5.41, 5.74) is -1.80. The van der Waals surface area contributed by atoms with Gasteiger partial charge in [0, 0.05) is 0 Å². The molecule has 0 saturated carbocycles. The number of rotatable bonds is 5. The number of sulfonamides is 1. The number of hydrogen-bond acceptors (Lipinski definition) is 6. The average Bonchev–Trinajstić information content (AvgIpc) is 3.05. The van der Waals surface area contributed by atoms with Crippen molar-refractivity contribution in [2.45, 2.75) is 14.7 Å². The number of halogens is 4. The third kappa shape index (κ3) is 4.40. The molecule has 1 fully saturated rings. The van der Waals surface area contributed by atoms with Crippen LogP contribution in [0.5, 0.6) is 5.75 Å². The van der Waals surface area contributed by atoms with Gasteiger partial charge in [0.2, 0.25) is 0 Å². The summed E-state index contributed by atoms with van der Waals surface area (Å²) in [6, 6.07) is 11.6. The van der Waals surface area contributed by atoms with Gasteiger partial charge in [0.25, 0.3) is 0 Å². The Balaban J connectivity index is 1.94. The first kappa shape index (κ1) is 22.8. The number of benzene rings is 2. The van der Waals surface area contributed by atoms with E-state index >= 15 is 0 Å². The number of alkyl halides is 5. The zero-order chi connectivity index (χ0) is 22.2. The first-order chi connectivity index (χ1) is 14.0. The topological polar surface area (TPSA) is 111 Å². The van der Waals surface area contributed by atoms with E-state index in [-0.39, 0.29) is 4.55 Å². The second-order valence-electron chi connectivity index (χ2n) is 6.34. The molecular formula is C18H16F3IN2O5S. The van der Waals surface area contributed by atoms with Gasteiger partial charge in [-0.1, -0.05) is 0 Å². The van der Waals surface area contributed by atoms with Crippen molar-refractivity contribution in [3.05, 3.63) is 59.7 Å². The molecule has 0 bridgehead atoms. The molecule has 3 rings (SSSR count). The molecule has 30 heavy (non-hydrogen) atoms. The molecule has 2 aromatic carbocycles. The summed E-state index contributed by atoms with van der Waals surface area (Å²) < 4.78 is 69.4. The molecule has 0 spiro atoms. The molecule has 2 N–H and O–H groups in total. The van der Waals surface area contributed by atoms with Crippen molar-refractivity contribution >= 4 is 30.3 Å². The fourth-order valence-corrected chi connectivity index (χ4v) is 10.2. The average molecular weight is 556 g/mol. The first-order valence-electron chi connectivity index (χ1n) is 8.35. The van der Waals surface area contributed by atoms with Crippen molar-refractivity contribution in [1.29, 1.82) is 5.26 Å². The van der Waals surface area contributed by atoms with Crippen LogP contribution in [0.15, 0.2) is 53.4 Å². The van der Waals surface area contributed by atoms with Crippen LogP contribution in [0.3, 0.4) is 0 Å². The molecule has 0 aromatic heterocycles. The van der Waals surface area contributed by atoms with Gasteiger partial charge in [-0.2, -0.15) is 0 Å². The molecule has 2 aromatic rings. The second kappa shape index (κ2) is 8.31. The van der Waals surface area contributed by atoms with E-state index in [9.17, 15) is 37.1 Å². The zero-order valence-electron chi connectivity index (χ0n) is 15.2. The summed E-state index contributed by atoms with van der Waals surface area (Å²) in [6.45, 7) is -1.23. The van der Waals surface area contributed by atoms with Gasteiger partial charge in [0.05, 0.1) is 0 Å². The Bertz CT molecular complexity index is 1080. The van der Waals surface area contributed by atoms with Crippen LogP contribution in [0.4, 0.5) is 13.2 Å². The molecule has 0 amide bonds. The first-order valence-corrected chi connectivity index (χ1v) is 13.3. The summed E-state index contributed by atoms with van der Waals surface area (Å²) in [6.07, 6.45) is -4.74. The summed E-state index contributed by atoms with van der Waals surface area (Å²) >= 11 is -3.00. The Morgan fingerprint density at radius 3 is 2.47 bits per heavy atom. The third-order valence-electron chi connectivity index (χ3n) is 4.27. The van der Waals surface area contributed by atoms with Gasteiger partial charge in [-0.15, -0.1) is 0 Å². The number of hydrogen-bond donors (Lipinski definition) is 2. The summed E-state index contributed by atoms with van der Waals surface area (Å²) in [5.74, 6) is 0.404. The van der Waals surface area contributed by atoms with Crippen molar-refractivity contribution < 1.29 is 34.9 Å². The molecule has 1 aliphatic heterocycles. The van der Waals surface area contributed by atoms with Crippen molar-refractivity contribution in [3.8, 4) is 11.8 Å². The number of aliphatic hydroxyl groups excluding tert-OH is 1. The molecule has 162 valence electrons. The second-order valence-corrected chi connectivity index (χ2v) is 13.2. The van der Waals surface area contributed by atoms with Gasteiger partial charge >= 0.3 is 179 Å². The number of nitriles is 1. The van der Waals surface area contributed by atoms with Crippen molar-refractivity contribution in [2.24, 2.45) is 0 Å². The Hall–Kier alpha value is -1.92. The van der Waals surface area contributed by atoms with E-state index in [1.165, 1.54) is 6.07 Å². The molecular weight excluding hydrogens is 540 g/mol. The molecule has 12 heteroatoms. The number of β-amino-alcohol motifs (C(OH)–C–C–N with tert-alkyl or cyclic N) is 1. The fraction of sp³-hybridized carbons (Fsp3) is 0.278. The van der Waals surface area contributed by atoms with E-state index in [2.05, 4.69) is 0 Å². The van der Waals surface area contributed by atoms with E-state index in [0.29, 0.717) is 17.9 Å². The Kier molecular flexibility index (Phi) is 6.30. The van der Waals surface area contributed by atoms with Crippen LogP contribution < -0.4 is 3.07 Å². The molecule has 1 aliphatic rings. The maximum absolute atomic E-state index is 13.0. The Morgan fingerprint density at radius 2 is 1.90 bits per heavy atom. The van der Waals surface area contributed by atoms with Gasteiger partial charge in [0.1, 0.15) is 0 Å². The van der Waals surface area contributed by atoms with Crippen LogP contribution >= 0.6 is 20.2 Å². The van der Waals surface area contributed by atoms with Crippen LogP contribution in [-0.4, -0.2) is 44.2 Å². The number of aliphatic hydroxyl groups is 2. The van der Waals surface area contributed by atoms with Crippen LogP contribution in [0, 0.1) is 11.3 Å². The minimum absolute atomic E-state index is 0.218. The van der Waals surface area contributed by atoms with E-state index < -0.39 is 69.2 Å². The normalized spacial score (nSPS) is 21.4. The van der Waals surface area contributed by atoms with E-state index in [1.54, 1.807) is 30.3 Å². The minimum atomic E-state index is -4.74. The summed E-state index contributed by atoms with van der Waals surface area (Å²) in [7, 11) is -4.42. The van der Waals surface area contributed by atoms with Crippen LogP contribution in [0.1, 0.15) is 11.1 Å². The van der Waals surface area contributed by atoms with Crippen LogP contribution in [-0.2, 0) is 16.2 Å². The number of nitrogens with zero attached hydrogens (tertiary/aromatic N) is 2. The van der Waals surface area contributed by atoms with E-state index in [1.807, 2.05) is 0 Å². The van der Waals surface area contributed by atoms with Crippen molar-refractivity contribution in [3.63, 3.8) is 0 Å². The zero-order valence-corrected chi connectivity index (χ0v) is 18.1. The predicted molar refractivity (Wildman–Crippen MR) is 108 cm³/mol. The Morgan fingerprint density at radius 1 is 1.23 bits per heavy atom. The molecule has 1 atom stereocenters. The van der Waals surface area contributed by atoms with Gasteiger partial charge in [0.15, 0.2) is 0 Å². The SMILES string of the molecule is N#Cc1cc(C(F)(F)F)ccc1S(=O)(=O)N1CI(Oc2ccccc2)[C@](O)(CO)C1. The monoisotopic (exact) mass is 556 g/mol. The molecule has 7 nitrogen and oxygen atoms in total. The summed E-state index contributed by atoms with van der Waals surface area (Å²) in [4.78, 5) is -0.601. The Labute approximate surface area is 178 Å². The third-order valence-corrected chi connectivity index (χ3v) is 12.0. The maximum atomic E-state index is 13.0. The quantitative estimate of drug-likeness (QED) is 0.333.